The van der Waals surface area contributed by atoms with Crippen LogP contribution >= 0.6 is 0 Å². The van der Waals surface area contributed by atoms with E-state index in [2.05, 4.69) is 0 Å². The molecule has 8 heteroatoms. The summed E-state index contributed by atoms with van der Waals surface area (Å²) >= 11 is 0. The molecule has 4 rings (SSSR count). The second-order valence-electron chi connectivity index (χ2n) is 7.86. The van der Waals surface area contributed by atoms with E-state index in [0.29, 0.717) is 18.8 Å². The number of nitrogen functional groups attached to an aromatic ring is 1. The van der Waals surface area contributed by atoms with Crippen LogP contribution in [-0.4, -0.2) is 43.1 Å². The monoisotopic (exact) mass is 441 g/mol. The highest BCUT2D eigenvalue weighted by Crippen LogP contribution is 2.31. The maximum atomic E-state index is 13.1. The van der Waals surface area contributed by atoms with Crippen LogP contribution in [0, 0.1) is 5.82 Å². The van der Waals surface area contributed by atoms with E-state index in [1.54, 1.807) is 4.90 Å². The van der Waals surface area contributed by atoms with Crippen molar-refractivity contribution in [2.24, 2.45) is 0 Å². The van der Waals surface area contributed by atoms with E-state index in [1.807, 2.05) is 30.3 Å². The molecule has 162 valence electrons. The number of carbonyl (C=O) groups is 1. The highest BCUT2D eigenvalue weighted by atomic mass is 32.2. The third kappa shape index (κ3) is 4.69. The van der Waals surface area contributed by atoms with Gasteiger partial charge >= 0.3 is 0 Å². The van der Waals surface area contributed by atoms with Crippen molar-refractivity contribution in [3.8, 4) is 0 Å². The number of carbonyl (C=O) groups excluding carboxylic acids is 1. The first-order valence-corrected chi connectivity index (χ1v) is 11.9. The smallest absolute Gasteiger partial charge is 0.223 e. The van der Waals surface area contributed by atoms with Crippen molar-refractivity contribution >= 4 is 32.3 Å². The lowest BCUT2D eigenvalue weighted by atomic mass is 9.92. The molecule has 1 aliphatic rings. The number of rotatable bonds is 5. The quantitative estimate of drug-likeness (QED) is 0.612. The molecule has 1 saturated heterocycles. The van der Waals surface area contributed by atoms with Gasteiger partial charge < -0.3 is 10.6 Å². The average molecular weight is 442 g/mol. The molecule has 1 fully saturated rings. The van der Waals surface area contributed by atoms with Gasteiger partial charge in [-0.05, 0) is 49.2 Å². The van der Waals surface area contributed by atoms with Gasteiger partial charge in [0, 0.05) is 30.8 Å². The third-order valence-electron chi connectivity index (χ3n) is 5.70. The number of likely N-dealkylation sites (tertiary alicyclic amines) is 1. The molecular formula is C23H24FN3O3S. The van der Waals surface area contributed by atoms with Crippen LogP contribution in [-0.2, 0) is 14.6 Å². The summed E-state index contributed by atoms with van der Waals surface area (Å²) in [4.78, 5) is 19.2. The molecule has 2 heterocycles. The Labute approximate surface area is 180 Å². The Balaban J connectivity index is 1.44. The number of hydrogen-bond donors (Lipinski definition) is 1. The van der Waals surface area contributed by atoms with E-state index >= 15 is 0 Å². The minimum absolute atomic E-state index is 0.0102. The summed E-state index contributed by atoms with van der Waals surface area (Å²) in [7, 11) is -3.65. The summed E-state index contributed by atoms with van der Waals surface area (Å²) in [5.41, 5.74) is 8.51. The van der Waals surface area contributed by atoms with Crippen LogP contribution in [0.25, 0.3) is 10.9 Å². The van der Waals surface area contributed by atoms with Gasteiger partial charge in [0.25, 0.3) is 0 Å². The zero-order chi connectivity index (χ0) is 22.0. The van der Waals surface area contributed by atoms with E-state index in [4.69, 9.17) is 10.7 Å². The van der Waals surface area contributed by atoms with Gasteiger partial charge in [0.05, 0.1) is 27.5 Å². The fraction of sp³-hybridized carbons (Fsp3) is 0.304. The number of nitrogens with two attached hydrogens (primary N) is 1. The summed E-state index contributed by atoms with van der Waals surface area (Å²) in [5, 5.41) is 0.971. The van der Waals surface area contributed by atoms with Crippen LogP contribution in [0.3, 0.4) is 0 Å². The van der Waals surface area contributed by atoms with Crippen molar-refractivity contribution in [3.63, 3.8) is 0 Å². The number of nitrogens with zero attached hydrogens (tertiary/aromatic N) is 2. The summed E-state index contributed by atoms with van der Waals surface area (Å²) in [5.74, 6) is -1.02. The molecule has 1 atom stereocenters. The van der Waals surface area contributed by atoms with E-state index in [1.165, 1.54) is 12.1 Å². The molecule has 0 radical (unpaired) electrons. The fourth-order valence-electron chi connectivity index (χ4n) is 4.04. The Morgan fingerprint density at radius 3 is 2.68 bits per heavy atom. The highest BCUT2D eigenvalue weighted by Gasteiger charge is 2.28. The van der Waals surface area contributed by atoms with Gasteiger partial charge in [-0.15, -0.1) is 0 Å². The lowest BCUT2D eigenvalue weighted by molar-refractivity contribution is -0.132. The van der Waals surface area contributed by atoms with Crippen molar-refractivity contribution < 1.29 is 17.6 Å². The van der Waals surface area contributed by atoms with Crippen molar-refractivity contribution in [1.82, 2.24) is 9.88 Å². The molecule has 1 aromatic heterocycles. The molecule has 0 aliphatic carbocycles. The topological polar surface area (TPSA) is 93.4 Å². The largest absolute Gasteiger partial charge is 0.397 e. The third-order valence-corrected chi connectivity index (χ3v) is 7.43. The van der Waals surface area contributed by atoms with Crippen LogP contribution in [0.1, 0.15) is 30.9 Å². The van der Waals surface area contributed by atoms with Crippen LogP contribution < -0.4 is 5.73 Å². The Kier molecular flexibility index (Phi) is 5.91. The number of fused-ring (bicyclic) bond motifs is 1. The number of benzene rings is 2. The number of halogens is 1. The van der Waals surface area contributed by atoms with Crippen LogP contribution in [0.4, 0.5) is 10.1 Å². The summed E-state index contributed by atoms with van der Waals surface area (Å²) in [6, 6.07) is 14.3. The molecule has 3 aromatic rings. The summed E-state index contributed by atoms with van der Waals surface area (Å²) in [6.45, 7) is 1.05. The van der Waals surface area contributed by atoms with Crippen molar-refractivity contribution in [3.05, 3.63) is 66.1 Å². The minimum atomic E-state index is -3.65. The van der Waals surface area contributed by atoms with Crippen molar-refractivity contribution in [2.75, 3.05) is 24.6 Å². The normalized spacial score (nSPS) is 17.1. The maximum Gasteiger partial charge on any atom is 0.223 e. The Morgan fingerprint density at radius 2 is 1.90 bits per heavy atom. The van der Waals surface area contributed by atoms with E-state index in [0.717, 1.165) is 41.6 Å². The molecule has 2 N–H and O–H groups in total. The first kappa shape index (κ1) is 21.2. The molecular weight excluding hydrogens is 417 g/mol. The Morgan fingerprint density at radius 1 is 1.16 bits per heavy atom. The number of anilines is 1. The van der Waals surface area contributed by atoms with E-state index in [9.17, 15) is 17.6 Å². The molecule has 1 aliphatic heterocycles. The molecule has 2 aromatic carbocycles. The molecule has 0 saturated carbocycles. The molecule has 0 unspecified atom stereocenters. The van der Waals surface area contributed by atoms with Crippen LogP contribution in [0.15, 0.2) is 59.5 Å². The van der Waals surface area contributed by atoms with Gasteiger partial charge in [0.2, 0.25) is 5.91 Å². The molecule has 0 bridgehead atoms. The predicted octanol–water partition coefficient (Wildman–Crippen LogP) is 3.53. The van der Waals surface area contributed by atoms with Gasteiger partial charge in [-0.25, -0.2) is 12.8 Å². The highest BCUT2D eigenvalue weighted by molar-refractivity contribution is 7.91. The molecule has 0 spiro atoms. The van der Waals surface area contributed by atoms with Crippen molar-refractivity contribution in [1.29, 1.82) is 0 Å². The predicted molar refractivity (Wildman–Crippen MR) is 118 cm³/mol. The molecule has 31 heavy (non-hydrogen) atoms. The Hall–Kier alpha value is -3.00. The zero-order valence-corrected chi connectivity index (χ0v) is 17.8. The number of piperidine rings is 1. The maximum absolute atomic E-state index is 13.1. The van der Waals surface area contributed by atoms with Gasteiger partial charge in [-0.1, -0.05) is 18.2 Å². The van der Waals surface area contributed by atoms with E-state index in [-0.39, 0.29) is 28.9 Å². The lowest BCUT2D eigenvalue weighted by Crippen LogP contribution is -2.40. The van der Waals surface area contributed by atoms with Crippen LogP contribution in [0.2, 0.25) is 0 Å². The molecule has 6 nitrogen and oxygen atoms in total. The van der Waals surface area contributed by atoms with E-state index < -0.39 is 15.7 Å². The number of pyridine rings is 1. The van der Waals surface area contributed by atoms with Gasteiger partial charge in [-0.3, -0.25) is 9.78 Å². The summed E-state index contributed by atoms with van der Waals surface area (Å²) < 4.78 is 38.0. The Bertz CT molecular complexity index is 1210. The zero-order valence-electron chi connectivity index (χ0n) is 17.0. The lowest BCUT2D eigenvalue weighted by Gasteiger charge is -2.33. The first-order chi connectivity index (χ1) is 14.8. The SMILES string of the molecule is Nc1cc2ccccc2nc1[C@H]1CCCN(C(=O)CCS(=O)(=O)c2ccc(F)cc2)C1. The summed E-state index contributed by atoms with van der Waals surface area (Å²) in [6.07, 6.45) is 1.55. The van der Waals surface area contributed by atoms with Crippen LogP contribution in [0.5, 0.6) is 0 Å². The number of amides is 1. The number of aromatic nitrogens is 1. The number of sulfone groups is 1. The second-order valence-corrected chi connectivity index (χ2v) is 9.97. The minimum Gasteiger partial charge on any atom is -0.397 e. The average Bonchev–Trinajstić information content (AvgIpc) is 2.77. The van der Waals surface area contributed by atoms with Gasteiger partial charge in [-0.2, -0.15) is 0 Å². The van der Waals surface area contributed by atoms with Crippen molar-refractivity contribution in [2.45, 2.75) is 30.1 Å². The van der Waals surface area contributed by atoms with Gasteiger partial charge in [0.15, 0.2) is 9.84 Å². The molecule has 1 amide bonds. The second kappa shape index (κ2) is 8.63. The number of hydrogen-bond acceptors (Lipinski definition) is 5. The first-order valence-electron chi connectivity index (χ1n) is 10.2. The fourth-order valence-corrected chi connectivity index (χ4v) is 5.27. The van der Waals surface area contributed by atoms with Gasteiger partial charge in [0.1, 0.15) is 5.82 Å². The standard InChI is InChI=1S/C23H24FN3O3S/c24-18-7-9-19(10-8-18)31(29,30)13-11-22(28)27-12-3-5-17(15-27)23-20(25)14-16-4-1-2-6-21(16)26-23/h1-2,4,6-10,14,17H,3,5,11-13,15,25H2/t17-/m0/s1. The number of para-hydroxylation sites is 1.